The Morgan fingerprint density at radius 3 is 2.64 bits per heavy atom. The van der Waals surface area contributed by atoms with E-state index in [1.165, 1.54) is 23.3 Å². The first-order chi connectivity index (χ1) is 13.2. The van der Waals surface area contributed by atoms with Crippen LogP contribution in [0.1, 0.15) is 31.2 Å². The standard InChI is InChI=1S/C19H22ClN3O3S2/c1-11-14(18(25)26-4)16(28-15(11)17(24)23(2)3)22-19(27)21-9-8-12-6-5-7-13(20)10-12/h5-7,10H,8-9H2,1-4H3,(H2,21,22,27). The highest BCUT2D eigenvalue weighted by molar-refractivity contribution is 7.80. The normalized spacial score (nSPS) is 10.3. The number of thiophene rings is 1. The third-order valence-corrected chi connectivity index (χ3v) is 5.63. The van der Waals surface area contributed by atoms with Gasteiger partial charge in [-0.05, 0) is 48.8 Å². The van der Waals surface area contributed by atoms with E-state index in [1.807, 2.05) is 24.3 Å². The molecule has 0 aliphatic carbocycles. The van der Waals surface area contributed by atoms with Crippen LogP contribution < -0.4 is 10.6 Å². The second-order valence-corrected chi connectivity index (χ2v) is 8.08. The molecule has 0 aliphatic heterocycles. The lowest BCUT2D eigenvalue weighted by molar-refractivity contribution is 0.0601. The van der Waals surface area contributed by atoms with Gasteiger partial charge in [0.15, 0.2) is 5.11 Å². The Bertz CT molecular complexity index is 897. The van der Waals surface area contributed by atoms with E-state index in [-0.39, 0.29) is 5.91 Å². The third kappa shape index (κ3) is 5.43. The van der Waals surface area contributed by atoms with Gasteiger partial charge in [0.1, 0.15) is 5.00 Å². The lowest BCUT2D eigenvalue weighted by atomic mass is 10.1. The largest absolute Gasteiger partial charge is 0.465 e. The van der Waals surface area contributed by atoms with E-state index in [2.05, 4.69) is 10.6 Å². The summed E-state index contributed by atoms with van der Waals surface area (Å²) in [7, 11) is 4.63. The van der Waals surface area contributed by atoms with Crippen molar-refractivity contribution < 1.29 is 14.3 Å². The monoisotopic (exact) mass is 439 g/mol. The molecule has 0 bridgehead atoms. The van der Waals surface area contributed by atoms with Crippen LogP contribution in [0.3, 0.4) is 0 Å². The van der Waals surface area contributed by atoms with Gasteiger partial charge in [-0.3, -0.25) is 4.79 Å². The number of hydrogen-bond donors (Lipinski definition) is 2. The van der Waals surface area contributed by atoms with Crippen LogP contribution in [0.25, 0.3) is 0 Å². The number of amides is 1. The molecule has 0 saturated carbocycles. The molecule has 9 heteroatoms. The number of carbonyl (C=O) groups is 2. The molecule has 1 amide bonds. The van der Waals surface area contributed by atoms with Crippen molar-refractivity contribution in [2.24, 2.45) is 0 Å². The molecule has 1 heterocycles. The van der Waals surface area contributed by atoms with E-state index < -0.39 is 5.97 Å². The molecule has 0 aliphatic rings. The van der Waals surface area contributed by atoms with Crippen molar-refractivity contribution >= 4 is 57.1 Å². The van der Waals surface area contributed by atoms with E-state index >= 15 is 0 Å². The fourth-order valence-electron chi connectivity index (χ4n) is 2.52. The van der Waals surface area contributed by atoms with Gasteiger partial charge in [-0.1, -0.05) is 23.7 Å². The van der Waals surface area contributed by atoms with Crippen molar-refractivity contribution in [2.45, 2.75) is 13.3 Å². The van der Waals surface area contributed by atoms with Crippen molar-refractivity contribution in [3.8, 4) is 0 Å². The number of ether oxygens (including phenoxy) is 1. The summed E-state index contributed by atoms with van der Waals surface area (Å²) in [6.45, 7) is 2.31. The molecule has 150 valence electrons. The number of benzene rings is 1. The molecule has 2 N–H and O–H groups in total. The highest BCUT2D eigenvalue weighted by Crippen LogP contribution is 2.34. The number of nitrogens with zero attached hydrogens (tertiary/aromatic N) is 1. The molecule has 0 unspecified atom stereocenters. The van der Waals surface area contributed by atoms with Crippen molar-refractivity contribution in [2.75, 3.05) is 33.1 Å². The molecular weight excluding hydrogens is 418 g/mol. The third-order valence-electron chi connectivity index (χ3n) is 3.95. The van der Waals surface area contributed by atoms with Gasteiger partial charge in [-0.25, -0.2) is 4.79 Å². The van der Waals surface area contributed by atoms with Crippen LogP contribution in [-0.4, -0.2) is 49.6 Å². The molecule has 1 aromatic heterocycles. The number of esters is 1. The van der Waals surface area contributed by atoms with Crippen molar-refractivity contribution in [1.82, 2.24) is 10.2 Å². The van der Waals surface area contributed by atoms with Crippen molar-refractivity contribution in [3.05, 3.63) is 50.9 Å². The van der Waals surface area contributed by atoms with Gasteiger partial charge in [-0.15, -0.1) is 11.3 Å². The number of nitrogens with one attached hydrogen (secondary N) is 2. The number of anilines is 1. The fraction of sp³-hybridized carbons (Fsp3) is 0.316. The Morgan fingerprint density at radius 1 is 1.32 bits per heavy atom. The summed E-state index contributed by atoms with van der Waals surface area (Å²) in [6, 6.07) is 7.61. The fourth-order valence-corrected chi connectivity index (χ4v) is 4.22. The van der Waals surface area contributed by atoms with Gasteiger partial charge in [0.05, 0.1) is 17.6 Å². The Morgan fingerprint density at radius 2 is 2.04 bits per heavy atom. The van der Waals surface area contributed by atoms with Crippen LogP contribution in [-0.2, 0) is 11.2 Å². The summed E-state index contributed by atoms with van der Waals surface area (Å²) in [5, 5.41) is 7.65. The van der Waals surface area contributed by atoms with Gasteiger partial charge in [-0.2, -0.15) is 0 Å². The number of methoxy groups -OCH3 is 1. The molecule has 0 atom stereocenters. The maximum Gasteiger partial charge on any atom is 0.341 e. The predicted octanol–water partition coefficient (Wildman–Crippen LogP) is 3.73. The highest BCUT2D eigenvalue weighted by Gasteiger charge is 2.26. The maximum absolute atomic E-state index is 12.4. The Hall–Kier alpha value is -2.16. The number of carbonyl (C=O) groups excluding carboxylic acids is 2. The summed E-state index contributed by atoms with van der Waals surface area (Å²) >= 11 is 12.5. The number of halogens is 1. The molecule has 0 spiro atoms. The Labute approximate surface area is 178 Å². The summed E-state index contributed by atoms with van der Waals surface area (Å²) in [4.78, 5) is 26.5. The minimum atomic E-state index is -0.518. The molecule has 0 fully saturated rings. The van der Waals surface area contributed by atoms with Crippen molar-refractivity contribution in [3.63, 3.8) is 0 Å². The summed E-state index contributed by atoms with van der Waals surface area (Å²) in [5.74, 6) is -0.698. The Kier molecular flexibility index (Phi) is 7.79. The van der Waals surface area contributed by atoms with Gasteiger partial charge < -0.3 is 20.3 Å². The van der Waals surface area contributed by atoms with Gasteiger partial charge >= 0.3 is 5.97 Å². The Balaban J connectivity index is 2.10. The van der Waals surface area contributed by atoms with E-state index in [9.17, 15) is 9.59 Å². The van der Waals surface area contributed by atoms with Gasteiger partial charge in [0, 0.05) is 25.7 Å². The first kappa shape index (κ1) is 22.1. The molecule has 6 nitrogen and oxygen atoms in total. The lowest BCUT2D eigenvalue weighted by Crippen LogP contribution is -2.30. The maximum atomic E-state index is 12.4. The molecule has 0 radical (unpaired) electrons. The van der Waals surface area contributed by atoms with Crippen LogP contribution >= 0.6 is 35.2 Å². The average molecular weight is 440 g/mol. The van der Waals surface area contributed by atoms with Crippen LogP contribution in [0.4, 0.5) is 5.00 Å². The molecule has 2 aromatic rings. The second kappa shape index (κ2) is 9.86. The van der Waals surface area contributed by atoms with E-state index in [0.29, 0.717) is 37.7 Å². The summed E-state index contributed by atoms with van der Waals surface area (Å²) in [5.41, 5.74) is 1.97. The van der Waals surface area contributed by atoms with Gasteiger partial charge in [0.2, 0.25) is 0 Å². The number of thiocarbonyl (C=S) groups is 1. The van der Waals surface area contributed by atoms with Crippen molar-refractivity contribution in [1.29, 1.82) is 0 Å². The first-order valence-corrected chi connectivity index (χ1v) is 10.1. The topological polar surface area (TPSA) is 70.7 Å². The second-order valence-electron chi connectivity index (χ2n) is 6.21. The minimum absolute atomic E-state index is 0.180. The zero-order valence-corrected chi connectivity index (χ0v) is 18.5. The van der Waals surface area contributed by atoms with E-state index in [0.717, 1.165) is 12.0 Å². The lowest BCUT2D eigenvalue weighted by Gasteiger charge is -2.11. The first-order valence-electron chi connectivity index (χ1n) is 8.47. The van der Waals surface area contributed by atoms with Crippen LogP contribution in [0, 0.1) is 6.92 Å². The molecule has 28 heavy (non-hydrogen) atoms. The number of rotatable bonds is 6. The quantitative estimate of drug-likeness (QED) is 0.528. The molecule has 0 saturated heterocycles. The molecule has 1 aromatic carbocycles. The summed E-state index contributed by atoms with van der Waals surface area (Å²) in [6.07, 6.45) is 0.736. The SMILES string of the molecule is COC(=O)c1c(NC(=S)NCCc2cccc(Cl)c2)sc(C(=O)N(C)C)c1C. The average Bonchev–Trinajstić information content (AvgIpc) is 2.96. The summed E-state index contributed by atoms with van der Waals surface area (Å²) < 4.78 is 4.87. The molecular formula is C19H22ClN3O3S2. The zero-order chi connectivity index (χ0) is 20.8. The van der Waals surface area contributed by atoms with Gasteiger partial charge in [0.25, 0.3) is 5.91 Å². The van der Waals surface area contributed by atoms with Crippen LogP contribution in [0.15, 0.2) is 24.3 Å². The zero-order valence-electron chi connectivity index (χ0n) is 16.1. The van der Waals surface area contributed by atoms with Crippen LogP contribution in [0.5, 0.6) is 0 Å². The highest BCUT2D eigenvalue weighted by atomic mass is 35.5. The number of hydrogen-bond acceptors (Lipinski definition) is 5. The molecule has 2 rings (SSSR count). The minimum Gasteiger partial charge on any atom is -0.465 e. The van der Waals surface area contributed by atoms with Crippen LogP contribution in [0.2, 0.25) is 5.02 Å². The predicted molar refractivity (Wildman–Crippen MR) is 118 cm³/mol. The van der Waals surface area contributed by atoms with E-state index in [1.54, 1.807) is 21.0 Å². The van der Waals surface area contributed by atoms with E-state index in [4.69, 9.17) is 28.6 Å². The smallest absolute Gasteiger partial charge is 0.341 e.